The number of alkyl halides is 3. The van der Waals surface area contributed by atoms with Gasteiger partial charge in [-0.15, -0.1) is 11.8 Å². The van der Waals surface area contributed by atoms with Gasteiger partial charge in [-0.05, 0) is 61.7 Å². The number of benzene rings is 2. The lowest BCUT2D eigenvalue weighted by molar-refractivity contribution is -0.137. The predicted octanol–water partition coefficient (Wildman–Crippen LogP) is 7.01. The van der Waals surface area contributed by atoms with Crippen LogP contribution in [0.1, 0.15) is 37.0 Å². The first-order valence-electron chi connectivity index (χ1n) is 9.66. The van der Waals surface area contributed by atoms with E-state index in [0.717, 1.165) is 34.8 Å². The Kier molecular flexibility index (Phi) is 9.11. The Morgan fingerprint density at radius 1 is 1.07 bits per heavy atom. The van der Waals surface area contributed by atoms with Crippen LogP contribution in [-0.2, 0) is 10.9 Å². The second-order valence-corrected chi connectivity index (χ2v) is 7.65. The van der Waals surface area contributed by atoms with E-state index in [4.69, 9.17) is 9.47 Å². The summed E-state index contributed by atoms with van der Waals surface area (Å²) < 4.78 is 49.4. The zero-order valence-corrected chi connectivity index (χ0v) is 17.8. The molecule has 29 heavy (non-hydrogen) atoms. The molecule has 1 unspecified atom stereocenters. The van der Waals surface area contributed by atoms with E-state index in [0.29, 0.717) is 24.5 Å². The quantitative estimate of drug-likeness (QED) is 0.382. The monoisotopic (exact) mass is 424 g/mol. The Balaban J connectivity index is 1.97. The molecule has 2 aromatic rings. The average Bonchev–Trinajstić information content (AvgIpc) is 2.69. The van der Waals surface area contributed by atoms with Gasteiger partial charge in [-0.2, -0.15) is 13.2 Å². The average molecular weight is 425 g/mol. The number of hydrogen-bond donors (Lipinski definition) is 0. The zero-order chi connectivity index (χ0) is 21.3. The fourth-order valence-corrected chi connectivity index (χ4v) is 3.63. The molecule has 158 valence electrons. The second-order valence-electron chi connectivity index (χ2n) is 6.56. The molecule has 0 aliphatic carbocycles. The smallest absolute Gasteiger partial charge is 0.416 e. The van der Waals surface area contributed by atoms with E-state index in [1.54, 1.807) is 17.8 Å². The van der Waals surface area contributed by atoms with Gasteiger partial charge in [0.2, 0.25) is 0 Å². The van der Waals surface area contributed by atoms with Crippen LogP contribution in [0, 0.1) is 6.92 Å². The first-order valence-corrected chi connectivity index (χ1v) is 10.6. The number of rotatable bonds is 10. The highest BCUT2D eigenvalue weighted by molar-refractivity contribution is 7.99. The first kappa shape index (κ1) is 23.4. The van der Waals surface area contributed by atoms with Gasteiger partial charge in [-0.3, -0.25) is 0 Å². The standard InChI is InChI=1S/C23H27F3O2S/c1-4-14-28-22-13-12-21(15-17(22)3)29-16-20(27-5-2)11-8-18-6-9-19(10-7-18)23(24,25)26/h6-13,15,20H,4-5,14,16H2,1-3H3/b11-8+. The summed E-state index contributed by atoms with van der Waals surface area (Å²) in [5.74, 6) is 1.61. The Bertz CT molecular complexity index is 786. The van der Waals surface area contributed by atoms with Crippen LogP contribution in [0.2, 0.25) is 0 Å². The topological polar surface area (TPSA) is 18.5 Å². The Hall–Kier alpha value is -1.92. The minimum Gasteiger partial charge on any atom is -0.493 e. The third-order valence-corrected chi connectivity index (χ3v) is 5.23. The van der Waals surface area contributed by atoms with Crippen molar-refractivity contribution in [1.82, 2.24) is 0 Å². The molecule has 0 amide bonds. The Morgan fingerprint density at radius 3 is 2.38 bits per heavy atom. The minimum absolute atomic E-state index is 0.136. The van der Waals surface area contributed by atoms with Gasteiger partial charge in [-0.25, -0.2) is 0 Å². The van der Waals surface area contributed by atoms with Crippen LogP contribution in [0.4, 0.5) is 13.2 Å². The summed E-state index contributed by atoms with van der Waals surface area (Å²) >= 11 is 1.68. The molecule has 0 fully saturated rings. The molecular weight excluding hydrogens is 397 g/mol. The van der Waals surface area contributed by atoms with E-state index in [2.05, 4.69) is 13.0 Å². The van der Waals surface area contributed by atoms with E-state index < -0.39 is 11.7 Å². The van der Waals surface area contributed by atoms with E-state index >= 15 is 0 Å². The Morgan fingerprint density at radius 2 is 1.79 bits per heavy atom. The molecule has 2 aromatic carbocycles. The third kappa shape index (κ3) is 7.78. The molecule has 0 saturated heterocycles. The van der Waals surface area contributed by atoms with Crippen molar-refractivity contribution < 1.29 is 22.6 Å². The lowest BCUT2D eigenvalue weighted by Gasteiger charge is -2.14. The molecule has 2 rings (SSSR count). The van der Waals surface area contributed by atoms with Gasteiger partial charge in [0.25, 0.3) is 0 Å². The van der Waals surface area contributed by atoms with Crippen molar-refractivity contribution in [2.45, 2.75) is 44.4 Å². The fraction of sp³-hybridized carbons (Fsp3) is 0.391. The van der Waals surface area contributed by atoms with Crippen LogP contribution in [0.3, 0.4) is 0 Å². The first-order chi connectivity index (χ1) is 13.8. The van der Waals surface area contributed by atoms with E-state index in [1.165, 1.54) is 12.1 Å². The highest BCUT2D eigenvalue weighted by Gasteiger charge is 2.29. The lowest BCUT2D eigenvalue weighted by Crippen LogP contribution is -2.12. The summed E-state index contributed by atoms with van der Waals surface area (Å²) in [6.45, 7) is 7.29. The van der Waals surface area contributed by atoms with Gasteiger partial charge < -0.3 is 9.47 Å². The van der Waals surface area contributed by atoms with Crippen LogP contribution < -0.4 is 4.74 Å². The molecule has 0 aliphatic rings. The van der Waals surface area contributed by atoms with Crippen molar-refractivity contribution in [3.05, 3.63) is 65.2 Å². The normalized spacial score (nSPS) is 13.0. The van der Waals surface area contributed by atoms with Gasteiger partial charge in [0.1, 0.15) is 5.75 Å². The van der Waals surface area contributed by atoms with Gasteiger partial charge >= 0.3 is 6.18 Å². The van der Waals surface area contributed by atoms with E-state index in [9.17, 15) is 13.2 Å². The van der Waals surface area contributed by atoms with Crippen LogP contribution in [-0.4, -0.2) is 25.1 Å². The number of thioether (sulfide) groups is 1. The van der Waals surface area contributed by atoms with Crippen molar-refractivity contribution in [3.8, 4) is 5.75 Å². The number of halogens is 3. The fourth-order valence-electron chi connectivity index (χ4n) is 2.64. The molecule has 6 heteroatoms. The predicted molar refractivity (Wildman–Crippen MR) is 114 cm³/mol. The maximum atomic E-state index is 12.7. The highest BCUT2D eigenvalue weighted by atomic mass is 32.2. The van der Waals surface area contributed by atoms with Crippen LogP contribution >= 0.6 is 11.8 Å². The molecule has 0 bridgehead atoms. The second kappa shape index (κ2) is 11.3. The summed E-state index contributed by atoms with van der Waals surface area (Å²) in [4.78, 5) is 1.12. The highest BCUT2D eigenvalue weighted by Crippen LogP contribution is 2.29. The van der Waals surface area contributed by atoms with Gasteiger partial charge in [-0.1, -0.05) is 31.2 Å². The number of ether oxygens (including phenoxy) is 2. The number of aryl methyl sites for hydroxylation is 1. The van der Waals surface area contributed by atoms with E-state index in [-0.39, 0.29) is 6.10 Å². The molecule has 0 aromatic heterocycles. The maximum absolute atomic E-state index is 12.7. The third-order valence-electron chi connectivity index (χ3n) is 4.14. The Labute approximate surface area is 175 Å². The zero-order valence-electron chi connectivity index (χ0n) is 17.0. The summed E-state index contributed by atoms with van der Waals surface area (Å²) in [6.07, 6.45) is 0.210. The van der Waals surface area contributed by atoms with Crippen molar-refractivity contribution in [2.75, 3.05) is 19.0 Å². The summed E-state index contributed by atoms with van der Waals surface area (Å²) in [5, 5.41) is 0. The molecule has 0 heterocycles. The molecule has 1 atom stereocenters. The van der Waals surface area contributed by atoms with Crippen LogP contribution in [0.15, 0.2) is 53.4 Å². The molecule has 0 spiro atoms. The molecule has 0 radical (unpaired) electrons. The van der Waals surface area contributed by atoms with Crippen LogP contribution in [0.25, 0.3) is 6.08 Å². The largest absolute Gasteiger partial charge is 0.493 e. The lowest BCUT2D eigenvalue weighted by atomic mass is 10.1. The maximum Gasteiger partial charge on any atom is 0.416 e. The van der Waals surface area contributed by atoms with E-state index in [1.807, 2.05) is 32.1 Å². The molecule has 0 aliphatic heterocycles. The van der Waals surface area contributed by atoms with Crippen LogP contribution in [0.5, 0.6) is 5.75 Å². The van der Waals surface area contributed by atoms with Gasteiger partial charge in [0.15, 0.2) is 0 Å². The van der Waals surface area contributed by atoms with Crippen molar-refractivity contribution in [3.63, 3.8) is 0 Å². The van der Waals surface area contributed by atoms with Gasteiger partial charge in [0, 0.05) is 17.3 Å². The van der Waals surface area contributed by atoms with Gasteiger partial charge in [0.05, 0.1) is 18.3 Å². The van der Waals surface area contributed by atoms with Crippen molar-refractivity contribution in [1.29, 1.82) is 0 Å². The summed E-state index contributed by atoms with van der Waals surface area (Å²) in [5.41, 5.74) is 1.16. The molecule has 0 saturated carbocycles. The summed E-state index contributed by atoms with van der Waals surface area (Å²) in [6, 6.07) is 11.2. The number of hydrogen-bond acceptors (Lipinski definition) is 3. The summed E-state index contributed by atoms with van der Waals surface area (Å²) in [7, 11) is 0. The minimum atomic E-state index is -4.32. The SMILES string of the molecule is CCCOc1ccc(SCC(/C=C/c2ccc(C(F)(F)F)cc2)OCC)cc1C. The molecule has 0 N–H and O–H groups in total. The van der Waals surface area contributed by atoms with Crippen molar-refractivity contribution >= 4 is 17.8 Å². The molecule has 2 nitrogen and oxygen atoms in total. The van der Waals surface area contributed by atoms with Crippen molar-refractivity contribution in [2.24, 2.45) is 0 Å². The molecular formula is C23H27F3O2S.